The number of aliphatic hydroxyl groups is 1. The Bertz CT molecular complexity index is 853. The molecular weight excluding hydrogens is 416 g/mol. The summed E-state index contributed by atoms with van der Waals surface area (Å²) in [5, 5.41) is 10.9. The van der Waals surface area contributed by atoms with Gasteiger partial charge in [0.25, 0.3) is 0 Å². The molecule has 0 aromatic heterocycles. The molecule has 7 heteroatoms. The van der Waals surface area contributed by atoms with Crippen molar-refractivity contribution in [3.8, 4) is 5.75 Å². The lowest BCUT2D eigenvalue weighted by Crippen LogP contribution is -2.56. The van der Waals surface area contributed by atoms with Gasteiger partial charge in [0.15, 0.2) is 5.79 Å². The summed E-state index contributed by atoms with van der Waals surface area (Å²) in [4.78, 5) is 1.08. The summed E-state index contributed by atoms with van der Waals surface area (Å²) < 4.78 is 29.5. The molecule has 5 atom stereocenters. The minimum atomic E-state index is -0.836. The molecule has 2 saturated heterocycles. The lowest BCUT2D eigenvalue weighted by atomic mass is 10.0. The predicted octanol–water partition coefficient (Wildman–Crippen LogP) is 3.92. The zero-order valence-corrected chi connectivity index (χ0v) is 19.1. The molecule has 0 aliphatic carbocycles. The van der Waals surface area contributed by atoms with Crippen molar-refractivity contribution in [3.63, 3.8) is 0 Å². The number of ether oxygens (including phenoxy) is 5. The molecule has 168 valence electrons. The van der Waals surface area contributed by atoms with E-state index in [2.05, 4.69) is 31.2 Å². The molecule has 4 rings (SSSR count). The van der Waals surface area contributed by atoms with E-state index in [1.165, 1.54) is 5.56 Å². The number of hydrogen-bond donors (Lipinski definition) is 1. The van der Waals surface area contributed by atoms with Crippen LogP contribution in [-0.2, 0) is 25.6 Å². The predicted molar refractivity (Wildman–Crippen MR) is 118 cm³/mol. The highest BCUT2D eigenvalue weighted by molar-refractivity contribution is 7.99. The van der Waals surface area contributed by atoms with Gasteiger partial charge in [-0.25, -0.2) is 0 Å². The van der Waals surface area contributed by atoms with Crippen LogP contribution in [0.4, 0.5) is 0 Å². The molecule has 0 spiro atoms. The first-order valence-electron chi connectivity index (χ1n) is 10.5. The van der Waals surface area contributed by atoms with Crippen molar-refractivity contribution >= 4 is 11.8 Å². The van der Waals surface area contributed by atoms with Gasteiger partial charge in [0.1, 0.15) is 35.6 Å². The fourth-order valence-corrected chi connectivity index (χ4v) is 4.94. The second kappa shape index (κ2) is 9.48. The monoisotopic (exact) mass is 446 g/mol. The first kappa shape index (κ1) is 22.6. The third kappa shape index (κ3) is 5.42. The minimum Gasteiger partial charge on any atom is -0.497 e. The molecule has 0 bridgehead atoms. The third-order valence-electron chi connectivity index (χ3n) is 5.44. The van der Waals surface area contributed by atoms with Crippen LogP contribution in [0, 0.1) is 6.92 Å². The molecule has 2 aromatic carbocycles. The third-order valence-corrected chi connectivity index (χ3v) is 6.60. The van der Waals surface area contributed by atoms with E-state index in [0.29, 0.717) is 6.61 Å². The van der Waals surface area contributed by atoms with Crippen molar-refractivity contribution in [2.75, 3.05) is 13.7 Å². The lowest BCUT2D eigenvalue weighted by molar-refractivity contribution is -0.180. The van der Waals surface area contributed by atoms with Crippen molar-refractivity contribution < 1.29 is 28.8 Å². The van der Waals surface area contributed by atoms with E-state index in [0.717, 1.165) is 16.2 Å². The first-order chi connectivity index (χ1) is 14.8. The van der Waals surface area contributed by atoms with E-state index in [1.54, 1.807) is 18.9 Å². The van der Waals surface area contributed by atoms with E-state index >= 15 is 0 Å². The van der Waals surface area contributed by atoms with Crippen LogP contribution in [0.15, 0.2) is 53.4 Å². The highest BCUT2D eigenvalue weighted by Crippen LogP contribution is 2.42. The van der Waals surface area contributed by atoms with Gasteiger partial charge in [-0.15, -0.1) is 0 Å². The van der Waals surface area contributed by atoms with Crippen LogP contribution < -0.4 is 4.74 Å². The van der Waals surface area contributed by atoms with Gasteiger partial charge in [0.05, 0.1) is 20.3 Å². The summed E-state index contributed by atoms with van der Waals surface area (Å²) in [6, 6.07) is 16.0. The summed E-state index contributed by atoms with van der Waals surface area (Å²) >= 11 is 1.58. The number of rotatable bonds is 7. The Hall–Kier alpha value is -1.61. The van der Waals surface area contributed by atoms with Crippen LogP contribution in [0.3, 0.4) is 0 Å². The van der Waals surface area contributed by atoms with Gasteiger partial charge in [0.2, 0.25) is 0 Å². The van der Waals surface area contributed by atoms with Crippen LogP contribution in [-0.4, -0.2) is 54.5 Å². The van der Waals surface area contributed by atoms with Crippen molar-refractivity contribution in [2.45, 2.75) is 67.9 Å². The van der Waals surface area contributed by atoms with Crippen molar-refractivity contribution in [3.05, 3.63) is 59.7 Å². The second-order valence-electron chi connectivity index (χ2n) is 8.39. The molecule has 0 unspecified atom stereocenters. The molecule has 2 aliphatic rings. The molecule has 0 radical (unpaired) electrons. The minimum absolute atomic E-state index is 0.255. The normalized spacial score (nSPS) is 29.5. The van der Waals surface area contributed by atoms with Crippen molar-refractivity contribution in [1.29, 1.82) is 0 Å². The maximum absolute atomic E-state index is 10.9. The molecule has 2 aliphatic heterocycles. The summed E-state index contributed by atoms with van der Waals surface area (Å²) in [6.07, 6.45) is -2.19. The van der Waals surface area contributed by atoms with Gasteiger partial charge in [0, 0.05) is 4.90 Å². The first-order valence-corrected chi connectivity index (χ1v) is 11.4. The van der Waals surface area contributed by atoms with Gasteiger partial charge >= 0.3 is 0 Å². The van der Waals surface area contributed by atoms with E-state index in [9.17, 15) is 5.11 Å². The number of methoxy groups -OCH3 is 1. The molecule has 0 amide bonds. The van der Waals surface area contributed by atoms with Crippen LogP contribution in [0.2, 0.25) is 0 Å². The van der Waals surface area contributed by atoms with E-state index in [4.69, 9.17) is 23.7 Å². The highest BCUT2D eigenvalue weighted by atomic mass is 32.2. The summed E-state index contributed by atoms with van der Waals surface area (Å²) in [5.74, 6) is 0.0303. The van der Waals surface area contributed by atoms with E-state index in [1.807, 2.05) is 38.1 Å². The number of aryl methyl sites for hydroxylation is 1. The zero-order valence-electron chi connectivity index (χ0n) is 18.3. The van der Waals surface area contributed by atoms with Crippen LogP contribution in [0.1, 0.15) is 25.0 Å². The quantitative estimate of drug-likeness (QED) is 0.691. The Morgan fingerprint density at radius 1 is 1.00 bits per heavy atom. The lowest BCUT2D eigenvalue weighted by Gasteiger charge is -2.39. The topological polar surface area (TPSA) is 66.4 Å². The Labute approximate surface area is 187 Å². The Morgan fingerprint density at radius 2 is 1.68 bits per heavy atom. The van der Waals surface area contributed by atoms with E-state index in [-0.39, 0.29) is 18.1 Å². The maximum Gasteiger partial charge on any atom is 0.164 e. The fourth-order valence-electron chi connectivity index (χ4n) is 3.83. The molecule has 6 nitrogen and oxygen atoms in total. The molecule has 1 N–H and O–H groups in total. The molecule has 2 heterocycles. The zero-order chi connectivity index (χ0) is 22.0. The maximum atomic E-state index is 10.9. The Kier molecular flexibility index (Phi) is 6.91. The van der Waals surface area contributed by atoms with Crippen molar-refractivity contribution in [2.24, 2.45) is 0 Å². The number of fused-ring (bicyclic) bond motifs is 1. The summed E-state index contributed by atoms with van der Waals surface area (Å²) in [5.41, 5.74) is 1.91. The van der Waals surface area contributed by atoms with Crippen molar-refractivity contribution in [1.82, 2.24) is 0 Å². The molecule has 2 fully saturated rings. The summed E-state index contributed by atoms with van der Waals surface area (Å²) in [7, 11) is 1.64. The largest absolute Gasteiger partial charge is 0.497 e. The van der Waals surface area contributed by atoms with Gasteiger partial charge in [-0.05, 0) is 50.6 Å². The Balaban J connectivity index is 1.42. The average Bonchev–Trinajstić information content (AvgIpc) is 3.09. The smallest absolute Gasteiger partial charge is 0.164 e. The van der Waals surface area contributed by atoms with Gasteiger partial charge in [-0.3, -0.25) is 0 Å². The number of thioether (sulfide) groups is 1. The second-order valence-corrected chi connectivity index (χ2v) is 9.56. The van der Waals surface area contributed by atoms with Gasteiger partial charge in [-0.2, -0.15) is 0 Å². The van der Waals surface area contributed by atoms with Crippen LogP contribution >= 0.6 is 11.8 Å². The van der Waals surface area contributed by atoms with Gasteiger partial charge < -0.3 is 28.8 Å². The molecular formula is C24H30O6S. The Morgan fingerprint density at radius 3 is 2.35 bits per heavy atom. The standard InChI is InChI=1S/C24H30O6S/c1-15-5-11-18(12-6-15)31-23-22-21(29-24(2,3)30-22)20(25)19(28-23)14-27-13-16-7-9-17(26-4)10-8-16/h5-12,19-23,25H,13-14H2,1-4H3/t19-,20-,21+,22-,23+/m1/s1. The van der Waals surface area contributed by atoms with Gasteiger partial charge in [-0.1, -0.05) is 41.6 Å². The molecule has 0 saturated carbocycles. The van der Waals surface area contributed by atoms with E-state index < -0.39 is 24.1 Å². The average molecular weight is 447 g/mol. The highest BCUT2D eigenvalue weighted by Gasteiger charge is 2.55. The number of benzene rings is 2. The summed E-state index contributed by atoms with van der Waals surface area (Å²) in [6.45, 7) is 6.46. The number of hydrogen-bond acceptors (Lipinski definition) is 7. The SMILES string of the molecule is COc1ccc(COC[C@H]2O[C@@H](Sc3ccc(C)cc3)[C@@H]3OC(C)(C)O[C@H]3[C@@H]2O)cc1. The van der Waals surface area contributed by atoms with Crippen LogP contribution in [0.5, 0.6) is 5.75 Å². The molecule has 31 heavy (non-hydrogen) atoms. The fraction of sp³-hybridized carbons (Fsp3) is 0.500. The molecule has 2 aromatic rings. The van der Waals surface area contributed by atoms with Crippen LogP contribution in [0.25, 0.3) is 0 Å². The number of aliphatic hydroxyl groups excluding tert-OH is 1.